The molecule has 3 heteroatoms. The fourth-order valence-corrected chi connectivity index (χ4v) is 0.377. The van der Waals surface area contributed by atoms with Gasteiger partial charge in [0, 0.05) is 6.54 Å². The minimum atomic E-state index is -0.0938. The van der Waals surface area contributed by atoms with Gasteiger partial charge < -0.3 is 5.32 Å². The molecule has 0 aromatic heterocycles. The van der Waals surface area contributed by atoms with Crippen LogP contribution in [0.25, 0.3) is 0 Å². The second-order valence-electron chi connectivity index (χ2n) is 2.34. The van der Waals surface area contributed by atoms with E-state index in [1.165, 1.54) is 6.08 Å². The Morgan fingerprint density at radius 1 is 1.70 bits per heavy atom. The molecule has 2 nitrogen and oxygen atoms in total. The Morgan fingerprint density at radius 3 is 2.50 bits per heavy atom. The molecule has 0 radical (unpaired) electrons. The van der Waals surface area contributed by atoms with Crippen molar-refractivity contribution in [2.24, 2.45) is 5.92 Å². The van der Waals surface area contributed by atoms with Gasteiger partial charge in [0.1, 0.15) is 0 Å². The summed E-state index contributed by atoms with van der Waals surface area (Å²) in [4.78, 5) is 10.5. The molecule has 0 atom stereocenters. The van der Waals surface area contributed by atoms with Gasteiger partial charge in [-0.15, -0.1) is 0 Å². The number of hydrogen-bond acceptors (Lipinski definition) is 1. The zero-order chi connectivity index (χ0) is 7.28. The van der Waals surface area contributed by atoms with Gasteiger partial charge in [0.05, 0.1) is 0 Å². The summed E-state index contributed by atoms with van der Waals surface area (Å²) in [5.74, 6) is 0.414. The molecule has 54 valence electrons. The summed E-state index contributed by atoms with van der Waals surface area (Å²) in [6, 6.07) is 0. The van der Waals surface area contributed by atoms with Crippen LogP contribution in [0.15, 0.2) is 12.7 Å². The van der Waals surface area contributed by atoms with Crippen LogP contribution in [0.5, 0.6) is 0 Å². The zero-order valence-corrected chi connectivity index (χ0v) is 5.98. The van der Waals surface area contributed by atoms with Crippen LogP contribution in [0.4, 0.5) is 0 Å². The first kappa shape index (κ1) is 12.8. The van der Waals surface area contributed by atoms with E-state index in [9.17, 15) is 4.79 Å². The first-order valence-electron chi connectivity index (χ1n) is 3.07. The summed E-state index contributed by atoms with van der Waals surface area (Å²) in [5, 5.41) is 2.67. The Balaban J connectivity index is 0. The van der Waals surface area contributed by atoms with E-state index in [-0.39, 0.29) is 35.5 Å². The molecule has 0 rings (SSSR count). The standard InChI is InChI=1S/C7H13NO.Na.H/c1-4-7(9)8-5-6(2)3;;/h4,6H,1,5H2,2-3H3,(H,8,9);;. The number of nitrogens with one attached hydrogen (secondary N) is 1. The van der Waals surface area contributed by atoms with Crippen LogP contribution < -0.4 is 5.32 Å². The number of carbonyl (C=O) groups is 1. The van der Waals surface area contributed by atoms with E-state index in [1.54, 1.807) is 0 Å². The number of hydrogen-bond donors (Lipinski definition) is 1. The Bertz CT molecular complexity index is 112. The predicted octanol–water partition coefficient (Wildman–Crippen LogP) is 0.296. The molecule has 0 bridgehead atoms. The molecule has 0 aliphatic heterocycles. The summed E-state index contributed by atoms with van der Waals surface area (Å²) in [6.45, 7) is 8.14. The van der Waals surface area contributed by atoms with Crippen LogP contribution in [0.3, 0.4) is 0 Å². The quantitative estimate of drug-likeness (QED) is 0.456. The van der Waals surface area contributed by atoms with Gasteiger partial charge in [0.2, 0.25) is 5.91 Å². The van der Waals surface area contributed by atoms with Crippen LogP contribution in [-0.2, 0) is 4.79 Å². The van der Waals surface area contributed by atoms with Gasteiger partial charge in [0.25, 0.3) is 0 Å². The molecule has 0 spiro atoms. The maximum atomic E-state index is 10.5. The molecule has 10 heavy (non-hydrogen) atoms. The molecule has 0 heterocycles. The van der Waals surface area contributed by atoms with Crippen LogP contribution in [0.1, 0.15) is 13.8 Å². The Labute approximate surface area is 84.4 Å². The SMILES string of the molecule is C=CC(=O)NCC(C)C.[NaH]. The molecule has 1 amide bonds. The summed E-state index contributed by atoms with van der Waals surface area (Å²) in [5.41, 5.74) is 0. The first-order chi connectivity index (χ1) is 4.16. The van der Waals surface area contributed by atoms with E-state index in [2.05, 4.69) is 11.9 Å². The van der Waals surface area contributed by atoms with Crippen molar-refractivity contribution in [3.8, 4) is 0 Å². The normalized spacial score (nSPS) is 8.30. The van der Waals surface area contributed by atoms with E-state index in [0.717, 1.165) is 6.54 Å². The molecule has 0 aliphatic rings. The number of rotatable bonds is 3. The van der Waals surface area contributed by atoms with Gasteiger partial charge in [-0.3, -0.25) is 4.79 Å². The fraction of sp³-hybridized carbons (Fsp3) is 0.571. The average molecular weight is 151 g/mol. The van der Waals surface area contributed by atoms with Crippen molar-refractivity contribution in [3.63, 3.8) is 0 Å². The van der Waals surface area contributed by atoms with Crippen molar-refractivity contribution in [1.29, 1.82) is 0 Å². The summed E-state index contributed by atoms with van der Waals surface area (Å²) in [7, 11) is 0. The van der Waals surface area contributed by atoms with Crippen molar-refractivity contribution in [2.75, 3.05) is 6.54 Å². The fourth-order valence-electron chi connectivity index (χ4n) is 0.377. The van der Waals surface area contributed by atoms with Crippen LogP contribution in [-0.4, -0.2) is 42.0 Å². The van der Waals surface area contributed by atoms with Crippen molar-refractivity contribution in [2.45, 2.75) is 13.8 Å². The van der Waals surface area contributed by atoms with Crippen molar-refractivity contribution in [3.05, 3.63) is 12.7 Å². The van der Waals surface area contributed by atoms with E-state index < -0.39 is 0 Å². The van der Waals surface area contributed by atoms with Crippen LogP contribution in [0.2, 0.25) is 0 Å². The van der Waals surface area contributed by atoms with E-state index in [4.69, 9.17) is 0 Å². The van der Waals surface area contributed by atoms with Gasteiger partial charge in [-0.1, -0.05) is 20.4 Å². The summed E-state index contributed by atoms with van der Waals surface area (Å²) in [6.07, 6.45) is 1.28. The van der Waals surface area contributed by atoms with E-state index in [1.807, 2.05) is 13.8 Å². The number of amides is 1. The topological polar surface area (TPSA) is 29.1 Å². The number of carbonyl (C=O) groups excluding carboxylic acids is 1. The zero-order valence-electron chi connectivity index (χ0n) is 5.98. The monoisotopic (exact) mass is 151 g/mol. The van der Waals surface area contributed by atoms with Crippen molar-refractivity contribution >= 4 is 35.5 Å². The Kier molecular flexibility index (Phi) is 9.40. The molecular weight excluding hydrogens is 137 g/mol. The second kappa shape index (κ2) is 7.32. The third-order valence-corrected chi connectivity index (χ3v) is 0.870. The molecule has 0 unspecified atom stereocenters. The molecule has 0 saturated heterocycles. The molecule has 0 aromatic rings. The summed E-state index contributed by atoms with van der Waals surface area (Å²) >= 11 is 0. The van der Waals surface area contributed by atoms with Gasteiger partial charge in [0.15, 0.2) is 0 Å². The van der Waals surface area contributed by atoms with Gasteiger partial charge in [-0.05, 0) is 12.0 Å². The Hall–Kier alpha value is 0.210. The second-order valence-corrected chi connectivity index (χ2v) is 2.34. The maximum absolute atomic E-state index is 10.5. The summed E-state index contributed by atoms with van der Waals surface area (Å²) < 4.78 is 0. The molecule has 0 aliphatic carbocycles. The minimum absolute atomic E-state index is 0. The van der Waals surface area contributed by atoms with Crippen LogP contribution >= 0.6 is 0 Å². The molecule has 0 fully saturated rings. The van der Waals surface area contributed by atoms with Gasteiger partial charge in [-0.25, -0.2) is 0 Å². The molecule has 0 saturated carbocycles. The average Bonchev–Trinajstić information content (AvgIpc) is 1.83. The van der Waals surface area contributed by atoms with Crippen molar-refractivity contribution in [1.82, 2.24) is 5.32 Å². The third-order valence-electron chi connectivity index (χ3n) is 0.870. The molecular formula is C7H14NNaO. The molecule has 0 aromatic carbocycles. The molecule has 1 N–H and O–H groups in total. The predicted molar refractivity (Wildman–Crippen MR) is 45.2 cm³/mol. The van der Waals surface area contributed by atoms with Gasteiger partial charge in [-0.2, -0.15) is 0 Å². The van der Waals surface area contributed by atoms with E-state index >= 15 is 0 Å². The van der Waals surface area contributed by atoms with Gasteiger partial charge >= 0.3 is 29.6 Å². The Morgan fingerprint density at radius 2 is 2.20 bits per heavy atom. The van der Waals surface area contributed by atoms with Crippen LogP contribution in [0, 0.1) is 5.92 Å². The van der Waals surface area contributed by atoms with Crippen molar-refractivity contribution < 1.29 is 4.79 Å². The van der Waals surface area contributed by atoms with E-state index in [0.29, 0.717) is 5.92 Å². The first-order valence-corrected chi connectivity index (χ1v) is 3.07. The third kappa shape index (κ3) is 8.21.